The van der Waals surface area contributed by atoms with Crippen LogP contribution in [-0.4, -0.2) is 41.2 Å². The predicted molar refractivity (Wildman–Crippen MR) is 131 cm³/mol. The van der Waals surface area contributed by atoms with Gasteiger partial charge in [-0.25, -0.2) is 4.79 Å². The summed E-state index contributed by atoms with van der Waals surface area (Å²) in [5.74, 6) is -3.16. The molecule has 3 rings (SSSR count). The van der Waals surface area contributed by atoms with E-state index in [4.69, 9.17) is 51.1 Å². The second-order valence-electron chi connectivity index (χ2n) is 7.62. The third kappa shape index (κ3) is 5.03. The van der Waals surface area contributed by atoms with Crippen molar-refractivity contribution in [2.75, 3.05) is 11.9 Å². The molecule has 3 amide bonds. The molecule has 1 atom stereocenters. The highest BCUT2D eigenvalue weighted by Crippen LogP contribution is 2.45. The molecular weight excluding hydrogens is 526 g/mol. The molecule has 0 saturated carbocycles. The number of halogens is 4. The number of anilines is 1. The highest BCUT2D eigenvalue weighted by molar-refractivity contribution is 6.55. The van der Waals surface area contributed by atoms with E-state index in [9.17, 15) is 19.2 Å². The fraction of sp³-hybridized carbons (Fsp3) is 0.304. The number of esters is 1. The number of aryl methyl sites for hydroxylation is 1. The van der Waals surface area contributed by atoms with Crippen LogP contribution < -0.4 is 5.32 Å². The second kappa shape index (κ2) is 11.0. The van der Waals surface area contributed by atoms with Gasteiger partial charge in [-0.15, -0.1) is 0 Å². The maximum Gasteiger partial charge on any atom is 0.329 e. The number of nitrogens with one attached hydrogen (secondary N) is 1. The van der Waals surface area contributed by atoms with Crippen molar-refractivity contribution in [3.63, 3.8) is 0 Å². The SMILES string of the molecule is CCCC[C@H](C(=O)OCC(=O)Nc1ccccc1C)N1C(=O)c2c(Cl)c(Cl)c(Cl)c(Cl)c2C1=O. The van der Waals surface area contributed by atoms with Gasteiger partial charge >= 0.3 is 5.97 Å². The highest BCUT2D eigenvalue weighted by Gasteiger charge is 2.47. The highest BCUT2D eigenvalue weighted by atomic mass is 35.5. The Kier molecular flexibility index (Phi) is 8.47. The molecule has 180 valence electrons. The van der Waals surface area contributed by atoms with Gasteiger partial charge in [-0.3, -0.25) is 19.3 Å². The Balaban J connectivity index is 1.82. The van der Waals surface area contributed by atoms with Crippen LogP contribution in [0.2, 0.25) is 20.1 Å². The molecule has 0 fully saturated rings. The van der Waals surface area contributed by atoms with Crippen molar-refractivity contribution in [3.05, 3.63) is 61.0 Å². The summed E-state index contributed by atoms with van der Waals surface area (Å²) in [6, 6.07) is 5.82. The molecule has 0 saturated heterocycles. The first-order valence-corrected chi connectivity index (χ1v) is 11.9. The standard InChI is InChI=1S/C23H20Cl4N2O5/c1-3-4-9-13(23(33)34-10-14(30)28-12-8-6-5-7-11(12)2)29-21(31)15-16(22(29)32)18(25)20(27)19(26)17(15)24/h5-8,13H,3-4,9-10H2,1-2H3,(H,28,30)/t13-/m1/s1. The number of carbonyl (C=O) groups excluding carboxylic acids is 4. The summed E-state index contributed by atoms with van der Waals surface area (Å²) in [5, 5.41) is 1.85. The summed E-state index contributed by atoms with van der Waals surface area (Å²) in [7, 11) is 0. The maximum atomic E-state index is 13.1. The number of amides is 3. The number of carbonyl (C=O) groups is 4. The summed E-state index contributed by atoms with van der Waals surface area (Å²) in [6.45, 7) is 3.10. The van der Waals surface area contributed by atoms with E-state index in [-0.39, 0.29) is 37.6 Å². The van der Waals surface area contributed by atoms with E-state index in [1.54, 1.807) is 12.1 Å². The number of unbranched alkanes of at least 4 members (excludes halogenated alkanes) is 1. The van der Waals surface area contributed by atoms with Crippen LogP contribution in [0.1, 0.15) is 52.5 Å². The molecule has 0 aromatic heterocycles. The number of imide groups is 1. The summed E-state index contributed by atoms with van der Waals surface area (Å²) in [6.07, 6.45) is 1.31. The molecule has 0 bridgehead atoms. The van der Waals surface area contributed by atoms with Crippen molar-refractivity contribution < 1.29 is 23.9 Å². The van der Waals surface area contributed by atoms with Crippen molar-refractivity contribution >= 4 is 75.8 Å². The van der Waals surface area contributed by atoms with Crippen LogP contribution in [-0.2, 0) is 14.3 Å². The van der Waals surface area contributed by atoms with Crippen LogP contribution in [0.25, 0.3) is 0 Å². The Labute approximate surface area is 216 Å². The average molecular weight is 546 g/mol. The molecule has 7 nitrogen and oxygen atoms in total. The van der Waals surface area contributed by atoms with E-state index < -0.39 is 36.3 Å². The average Bonchev–Trinajstić information content (AvgIpc) is 3.07. The third-order valence-corrected chi connectivity index (χ3v) is 7.11. The van der Waals surface area contributed by atoms with Gasteiger partial charge in [0.25, 0.3) is 17.7 Å². The van der Waals surface area contributed by atoms with E-state index in [0.29, 0.717) is 18.5 Å². The van der Waals surface area contributed by atoms with Gasteiger partial charge in [0.05, 0.1) is 31.2 Å². The van der Waals surface area contributed by atoms with Crippen LogP contribution in [0, 0.1) is 6.92 Å². The van der Waals surface area contributed by atoms with Crippen molar-refractivity contribution in [1.82, 2.24) is 4.90 Å². The van der Waals surface area contributed by atoms with Crippen LogP contribution in [0.4, 0.5) is 5.69 Å². The second-order valence-corrected chi connectivity index (χ2v) is 9.13. The molecule has 0 radical (unpaired) electrons. The Morgan fingerprint density at radius 3 is 2.06 bits per heavy atom. The van der Waals surface area contributed by atoms with Gasteiger partial charge in [0.1, 0.15) is 6.04 Å². The van der Waals surface area contributed by atoms with Crippen LogP contribution in [0.3, 0.4) is 0 Å². The minimum absolute atomic E-state index is 0.122. The van der Waals surface area contributed by atoms with Gasteiger partial charge in [-0.1, -0.05) is 84.4 Å². The first-order valence-electron chi connectivity index (χ1n) is 10.4. The molecular formula is C23H20Cl4N2O5. The molecule has 2 aromatic carbocycles. The van der Waals surface area contributed by atoms with Crippen molar-refractivity contribution in [3.8, 4) is 0 Å². The first kappa shape index (κ1) is 26.3. The smallest absolute Gasteiger partial charge is 0.329 e. The number of hydrogen-bond acceptors (Lipinski definition) is 5. The number of ether oxygens (including phenoxy) is 1. The molecule has 34 heavy (non-hydrogen) atoms. The lowest BCUT2D eigenvalue weighted by molar-refractivity contribution is -0.151. The van der Waals surface area contributed by atoms with Crippen LogP contribution in [0.15, 0.2) is 24.3 Å². The Bertz CT molecular complexity index is 1140. The zero-order valence-corrected chi connectivity index (χ0v) is 21.2. The number of hydrogen-bond donors (Lipinski definition) is 1. The van der Waals surface area contributed by atoms with Gasteiger partial charge < -0.3 is 10.1 Å². The molecule has 2 aromatic rings. The van der Waals surface area contributed by atoms with E-state index in [2.05, 4.69) is 5.32 Å². The Morgan fingerprint density at radius 1 is 0.971 bits per heavy atom. The number of fused-ring (bicyclic) bond motifs is 1. The number of para-hydroxylation sites is 1. The molecule has 1 heterocycles. The minimum Gasteiger partial charge on any atom is -0.454 e. The lowest BCUT2D eigenvalue weighted by Gasteiger charge is -2.24. The van der Waals surface area contributed by atoms with Crippen LogP contribution >= 0.6 is 46.4 Å². The maximum absolute atomic E-state index is 13.1. The minimum atomic E-state index is -1.29. The normalized spacial score (nSPS) is 13.6. The molecule has 1 N–H and O–H groups in total. The predicted octanol–water partition coefficient (Wildman–Crippen LogP) is 5.95. The van der Waals surface area contributed by atoms with Gasteiger partial charge in [0.15, 0.2) is 6.61 Å². The van der Waals surface area contributed by atoms with E-state index in [1.807, 2.05) is 26.0 Å². The largest absolute Gasteiger partial charge is 0.454 e. The van der Waals surface area contributed by atoms with Gasteiger partial charge in [-0.05, 0) is 25.0 Å². The quantitative estimate of drug-likeness (QED) is 0.191. The fourth-order valence-electron chi connectivity index (χ4n) is 3.53. The topological polar surface area (TPSA) is 92.8 Å². The lowest BCUT2D eigenvalue weighted by atomic mass is 10.1. The summed E-state index contributed by atoms with van der Waals surface area (Å²) < 4.78 is 5.18. The molecule has 0 aliphatic carbocycles. The van der Waals surface area contributed by atoms with Crippen molar-refractivity contribution in [2.24, 2.45) is 0 Å². The van der Waals surface area contributed by atoms with Gasteiger partial charge in [-0.2, -0.15) is 0 Å². The molecule has 0 spiro atoms. The monoisotopic (exact) mass is 544 g/mol. The molecule has 1 aliphatic heterocycles. The molecule has 1 aliphatic rings. The zero-order chi connectivity index (χ0) is 25.2. The first-order chi connectivity index (χ1) is 16.1. The van der Waals surface area contributed by atoms with Crippen molar-refractivity contribution in [2.45, 2.75) is 39.2 Å². The number of nitrogens with zero attached hydrogens (tertiary/aromatic N) is 1. The van der Waals surface area contributed by atoms with Gasteiger partial charge in [0, 0.05) is 5.69 Å². The molecule has 11 heteroatoms. The Morgan fingerprint density at radius 2 is 1.53 bits per heavy atom. The summed E-state index contributed by atoms with van der Waals surface area (Å²) >= 11 is 24.5. The summed E-state index contributed by atoms with van der Waals surface area (Å²) in [4.78, 5) is 52.3. The van der Waals surface area contributed by atoms with E-state index in [1.165, 1.54) is 0 Å². The Hall–Kier alpha value is -2.32. The number of rotatable bonds is 8. The van der Waals surface area contributed by atoms with Crippen molar-refractivity contribution in [1.29, 1.82) is 0 Å². The number of benzene rings is 2. The van der Waals surface area contributed by atoms with E-state index in [0.717, 1.165) is 10.5 Å². The van der Waals surface area contributed by atoms with Gasteiger partial charge in [0.2, 0.25) is 0 Å². The van der Waals surface area contributed by atoms with Crippen LogP contribution in [0.5, 0.6) is 0 Å². The fourth-order valence-corrected chi connectivity index (χ4v) is 4.55. The lowest BCUT2D eigenvalue weighted by Crippen LogP contribution is -2.46. The van der Waals surface area contributed by atoms with E-state index >= 15 is 0 Å². The third-order valence-electron chi connectivity index (χ3n) is 5.31. The molecule has 0 unspecified atom stereocenters. The zero-order valence-electron chi connectivity index (χ0n) is 18.2. The summed E-state index contributed by atoms with van der Waals surface area (Å²) in [5.41, 5.74) is 0.958.